The van der Waals surface area contributed by atoms with Crippen LogP contribution in [0.3, 0.4) is 0 Å². The van der Waals surface area contributed by atoms with Crippen molar-refractivity contribution in [3.8, 4) is 17.0 Å². The third kappa shape index (κ3) is 2.32. The molecule has 3 rings (SSSR count). The van der Waals surface area contributed by atoms with Gasteiger partial charge in [-0.25, -0.2) is 4.98 Å². The lowest BCUT2D eigenvalue weighted by atomic mass is 10.1. The zero-order valence-electron chi connectivity index (χ0n) is 10.1. The first kappa shape index (κ1) is 12.9. The Morgan fingerprint density at radius 1 is 1.15 bits per heavy atom. The molecule has 0 saturated heterocycles. The number of halogens is 3. The van der Waals surface area contributed by atoms with Gasteiger partial charge >= 0.3 is 6.61 Å². The van der Waals surface area contributed by atoms with Crippen LogP contribution < -0.4 is 4.74 Å². The molecule has 0 aliphatic carbocycles. The van der Waals surface area contributed by atoms with Crippen LogP contribution in [0, 0.1) is 0 Å². The Morgan fingerprint density at radius 3 is 2.60 bits per heavy atom. The number of aromatic nitrogens is 2. The molecule has 0 aliphatic rings. The molecule has 0 bridgehead atoms. The summed E-state index contributed by atoms with van der Waals surface area (Å²) >= 11 is 6.05. The van der Waals surface area contributed by atoms with Crippen molar-refractivity contribution in [3.63, 3.8) is 0 Å². The topological polar surface area (TPSA) is 26.5 Å². The van der Waals surface area contributed by atoms with E-state index in [4.69, 9.17) is 11.6 Å². The van der Waals surface area contributed by atoms with Crippen LogP contribution in [0.2, 0.25) is 5.02 Å². The summed E-state index contributed by atoms with van der Waals surface area (Å²) in [6.07, 6.45) is 3.53. The molecule has 2 heterocycles. The van der Waals surface area contributed by atoms with Crippen molar-refractivity contribution in [2.45, 2.75) is 6.61 Å². The maximum Gasteiger partial charge on any atom is 0.387 e. The summed E-state index contributed by atoms with van der Waals surface area (Å²) in [4.78, 5) is 4.25. The predicted molar refractivity (Wildman–Crippen MR) is 72.3 cm³/mol. The van der Waals surface area contributed by atoms with Gasteiger partial charge in [-0.05, 0) is 36.4 Å². The molecule has 0 saturated carbocycles. The molecule has 0 fully saturated rings. The number of ether oxygens (including phenoxy) is 1. The lowest BCUT2D eigenvalue weighted by molar-refractivity contribution is -0.0498. The van der Waals surface area contributed by atoms with E-state index in [9.17, 15) is 8.78 Å². The van der Waals surface area contributed by atoms with E-state index in [1.54, 1.807) is 24.4 Å². The Bertz CT molecular complexity index is 741. The molecule has 0 amide bonds. The zero-order chi connectivity index (χ0) is 14.1. The van der Waals surface area contributed by atoms with Crippen molar-refractivity contribution in [2.24, 2.45) is 0 Å². The van der Waals surface area contributed by atoms with Gasteiger partial charge in [0, 0.05) is 11.8 Å². The fourth-order valence-electron chi connectivity index (χ4n) is 2.00. The van der Waals surface area contributed by atoms with E-state index >= 15 is 0 Å². The van der Waals surface area contributed by atoms with Crippen molar-refractivity contribution >= 4 is 17.2 Å². The third-order valence-corrected chi connectivity index (χ3v) is 3.16. The Morgan fingerprint density at radius 2 is 1.90 bits per heavy atom. The summed E-state index contributed by atoms with van der Waals surface area (Å²) in [5, 5.41) is 0.552. The second kappa shape index (κ2) is 5.09. The van der Waals surface area contributed by atoms with Crippen LogP contribution >= 0.6 is 11.6 Å². The molecule has 0 radical (unpaired) electrons. The molecule has 1 aromatic carbocycles. The number of benzene rings is 1. The fraction of sp³-hybridized carbons (Fsp3) is 0.0714. The van der Waals surface area contributed by atoms with Crippen LogP contribution in [-0.4, -0.2) is 16.0 Å². The van der Waals surface area contributed by atoms with Crippen LogP contribution in [0.25, 0.3) is 16.9 Å². The average molecular weight is 295 g/mol. The standard InChI is InChI=1S/C14H9ClF2N2O/c15-11-2-1-7-19-12(8-18-13(11)19)9-3-5-10(6-4-9)20-14(16)17/h1-8,14H. The second-order valence-electron chi connectivity index (χ2n) is 4.10. The molecule has 2 aromatic heterocycles. The first-order chi connectivity index (χ1) is 9.65. The summed E-state index contributed by atoms with van der Waals surface area (Å²) in [6, 6.07) is 9.95. The third-order valence-electron chi connectivity index (χ3n) is 2.86. The molecular formula is C14H9ClF2N2O. The van der Waals surface area contributed by atoms with Crippen molar-refractivity contribution in [1.82, 2.24) is 9.38 Å². The molecule has 0 spiro atoms. The van der Waals surface area contributed by atoms with Gasteiger partial charge in [0.2, 0.25) is 0 Å². The van der Waals surface area contributed by atoms with E-state index in [0.29, 0.717) is 10.7 Å². The van der Waals surface area contributed by atoms with Crippen LogP contribution in [0.15, 0.2) is 48.8 Å². The Balaban J connectivity index is 2.01. The van der Waals surface area contributed by atoms with E-state index in [2.05, 4.69) is 9.72 Å². The minimum Gasteiger partial charge on any atom is -0.435 e. The SMILES string of the molecule is FC(F)Oc1ccc(-c2cnc3c(Cl)cccn23)cc1. The van der Waals surface area contributed by atoms with Crippen molar-refractivity contribution in [1.29, 1.82) is 0 Å². The summed E-state index contributed by atoms with van der Waals surface area (Å²) in [7, 11) is 0. The molecule has 6 heteroatoms. The van der Waals surface area contributed by atoms with Gasteiger partial charge in [0.15, 0.2) is 5.65 Å². The van der Waals surface area contributed by atoms with Crippen LogP contribution in [-0.2, 0) is 0 Å². The van der Waals surface area contributed by atoms with E-state index < -0.39 is 6.61 Å². The van der Waals surface area contributed by atoms with Gasteiger partial charge in [-0.15, -0.1) is 0 Å². The largest absolute Gasteiger partial charge is 0.435 e. The highest BCUT2D eigenvalue weighted by atomic mass is 35.5. The summed E-state index contributed by atoms with van der Waals surface area (Å²) < 4.78 is 30.3. The Kier molecular flexibility index (Phi) is 3.28. The minimum atomic E-state index is -2.82. The molecule has 0 unspecified atom stereocenters. The van der Waals surface area contributed by atoms with Gasteiger partial charge in [-0.1, -0.05) is 11.6 Å². The normalized spacial score (nSPS) is 11.2. The first-order valence-corrected chi connectivity index (χ1v) is 6.20. The second-order valence-corrected chi connectivity index (χ2v) is 4.50. The zero-order valence-corrected chi connectivity index (χ0v) is 10.9. The number of pyridine rings is 1. The number of hydrogen-bond donors (Lipinski definition) is 0. The highest BCUT2D eigenvalue weighted by Crippen LogP contribution is 2.26. The van der Waals surface area contributed by atoms with Gasteiger partial charge in [-0.2, -0.15) is 8.78 Å². The average Bonchev–Trinajstić information content (AvgIpc) is 2.84. The van der Waals surface area contributed by atoms with Gasteiger partial charge in [0.25, 0.3) is 0 Å². The molecule has 102 valence electrons. The number of hydrogen-bond acceptors (Lipinski definition) is 2. The number of rotatable bonds is 3. The lowest BCUT2D eigenvalue weighted by Gasteiger charge is -2.06. The summed E-state index contributed by atoms with van der Waals surface area (Å²) in [6.45, 7) is -2.82. The van der Waals surface area contributed by atoms with E-state index in [-0.39, 0.29) is 5.75 Å². The molecule has 20 heavy (non-hydrogen) atoms. The predicted octanol–water partition coefficient (Wildman–Crippen LogP) is 4.26. The highest BCUT2D eigenvalue weighted by molar-refractivity contribution is 6.33. The quantitative estimate of drug-likeness (QED) is 0.721. The van der Waals surface area contributed by atoms with Gasteiger partial charge in [-0.3, -0.25) is 4.40 Å². The van der Waals surface area contributed by atoms with Crippen LogP contribution in [0.1, 0.15) is 0 Å². The van der Waals surface area contributed by atoms with Crippen molar-refractivity contribution in [2.75, 3.05) is 0 Å². The summed E-state index contributed by atoms with van der Waals surface area (Å²) in [5.74, 6) is 0.121. The highest BCUT2D eigenvalue weighted by Gasteiger charge is 2.09. The monoisotopic (exact) mass is 294 g/mol. The molecule has 3 nitrogen and oxygen atoms in total. The molecule has 0 N–H and O–H groups in total. The minimum absolute atomic E-state index is 0.121. The molecular weight excluding hydrogens is 286 g/mol. The lowest BCUT2D eigenvalue weighted by Crippen LogP contribution is -2.01. The van der Waals surface area contributed by atoms with Crippen molar-refractivity contribution < 1.29 is 13.5 Å². The maximum absolute atomic E-state index is 12.1. The number of imidazole rings is 1. The Labute approximate surface area is 118 Å². The summed E-state index contributed by atoms with van der Waals surface area (Å²) in [5.41, 5.74) is 2.31. The molecule has 0 aliphatic heterocycles. The number of nitrogens with zero attached hydrogens (tertiary/aromatic N) is 2. The smallest absolute Gasteiger partial charge is 0.387 e. The van der Waals surface area contributed by atoms with Crippen LogP contribution in [0.5, 0.6) is 5.75 Å². The molecule has 0 atom stereocenters. The number of fused-ring (bicyclic) bond motifs is 1. The van der Waals surface area contributed by atoms with Gasteiger partial charge in [0.05, 0.1) is 16.9 Å². The van der Waals surface area contributed by atoms with E-state index in [1.165, 1.54) is 12.1 Å². The first-order valence-electron chi connectivity index (χ1n) is 5.82. The Hall–Kier alpha value is -2.14. The van der Waals surface area contributed by atoms with E-state index in [0.717, 1.165) is 11.3 Å². The van der Waals surface area contributed by atoms with E-state index in [1.807, 2.05) is 16.7 Å². The fourth-order valence-corrected chi connectivity index (χ4v) is 2.21. The maximum atomic E-state index is 12.1. The number of alkyl halides is 2. The van der Waals surface area contributed by atoms with Crippen molar-refractivity contribution in [3.05, 3.63) is 53.8 Å². The molecule has 3 aromatic rings. The van der Waals surface area contributed by atoms with Gasteiger partial charge < -0.3 is 4.74 Å². The van der Waals surface area contributed by atoms with Crippen LogP contribution in [0.4, 0.5) is 8.78 Å². The van der Waals surface area contributed by atoms with Gasteiger partial charge in [0.1, 0.15) is 5.75 Å².